The Kier molecular flexibility index (Phi) is 8.32. The van der Waals surface area contributed by atoms with Crippen molar-refractivity contribution >= 4 is 34.9 Å². The van der Waals surface area contributed by atoms with Gasteiger partial charge in [-0.25, -0.2) is 0 Å². The third kappa shape index (κ3) is 5.90. The van der Waals surface area contributed by atoms with E-state index in [1.807, 2.05) is 18.2 Å². The fourth-order valence-corrected chi connectivity index (χ4v) is 5.37. The summed E-state index contributed by atoms with van der Waals surface area (Å²) in [4.78, 5) is 40.7. The number of Topliss-reactive ketones (excluding diaryl/α,β-unsaturated/α-hetero) is 1. The van der Waals surface area contributed by atoms with Crippen molar-refractivity contribution in [2.24, 2.45) is 5.92 Å². The van der Waals surface area contributed by atoms with E-state index in [4.69, 9.17) is 11.6 Å². The summed E-state index contributed by atoms with van der Waals surface area (Å²) < 4.78 is 0. The Morgan fingerprint density at radius 2 is 1.69 bits per heavy atom. The highest BCUT2D eigenvalue weighted by atomic mass is 35.5. The number of piperidine rings is 1. The first-order chi connectivity index (χ1) is 17.3. The van der Waals surface area contributed by atoms with Gasteiger partial charge in [0.25, 0.3) is 5.91 Å². The summed E-state index contributed by atoms with van der Waals surface area (Å²) in [5, 5.41) is 16.5. The highest BCUT2D eigenvalue weighted by molar-refractivity contribution is 6.30. The number of amides is 2. The van der Waals surface area contributed by atoms with Gasteiger partial charge in [-0.05, 0) is 74.9 Å². The molecule has 1 saturated heterocycles. The molecule has 1 atom stereocenters. The average Bonchev–Trinajstić information content (AvgIpc) is 3.37. The van der Waals surface area contributed by atoms with Crippen LogP contribution in [-0.4, -0.2) is 54.0 Å². The summed E-state index contributed by atoms with van der Waals surface area (Å²) in [5.74, 6) is -0.335. The maximum Gasteiger partial charge on any atom is 0.252 e. The molecule has 1 unspecified atom stereocenters. The van der Waals surface area contributed by atoms with E-state index < -0.39 is 11.6 Å². The van der Waals surface area contributed by atoms with E-state index in [2.05, 4.69) is 15.5 Å². The first-order valence-electron chi connectivity index (χ1n) is 12.7. The van der Waals surface area contributed by atoms with Gasteiger partial charge in [-0.1, -0.05) is 36.6 Å². The molecule has 1 aliphatic heterocycles. The monoisotopic (exact) mass is 511 g/mol. The molecule has 2 aromatic rings. The van der Waals surface area contributed by atoms with Crippen LogP contribution in [0.25, 0.3) is 0 Å². The number of ketones is 1. The molecule has 2 aliphatic rings. The number of para-hydroxylation sites is 1. The van der Waals surface area contributed by atoms with Gasteiger partial charge in [0, 0.05) is 41.5 Å². The number of aliphatic hydroxyl groups excluding tert-OH is 1. The van der Waals surface area contributed by atoms with Gasteiger partial charge in [-0.3, -0.25) is 14.4 Å². The number of benzene rings is 2. The van der Waals surface area contributed by atoms with E-state index in [1.165, 1.54) is 6.92 Å². The molecule has 192 valence electrons. The molecule has 8 heteroatoms. The average molecular weight is 512 g/mol. The lowest BCUT2D eigenvalue weighted by atomic mass is 9.93. The third-order valence-electron chi connectivity index (χ3n) is 7.41. The zero-order chi connectivity index (χ0) is 25.7. The van der Waals surface area contributed by atoms with Gasteiger partial charge in [0.1, 0.15) is 11.6 Å². The molecule has 1 heterocycles. The van der Waals surface area contributed by atoms with Gasteiger partial charge in [0.2, 0.25) is 5.91 Å². The van der Waals surface area contributed by atoms with Crippen LogP contribution in [0.5, 0.6) is 0 Å². The summed E-state index contributed by atoms with van der Waals surface area (Å²) in [6.07, 6.45) is 3.77. The van der Waals surface area contributed by atoms with Gasteiger partial charge in [0.05, 0.1) is 0 Å². The highest BCUT2D eigenvalue weighted by Gasteiger charge is 2.42. The van der Waals surface area contributed by atoms with E-state index in [0.717, 1.165) is 44.5 Å². The number of aliphatic hydroxyl groups is 1. The molecule has 0 radical (unpaired) electrons. The Labute approximate surface area is 217 Å². The molecule has 2 fully saturated rings. The minimum absolute atomic E-state index is 0.113. The largest absolute Gasteiger partial charge is 0.385 e. The van der Waals surface area contributed by atoms with Crippen molar-refractivity contribution in [3.8, 4) is 0 Å². The van der Waals surface area contributed by atoms with Crippen molar-refractivity contribution in [3.05, 3.63) is 64.7 Å². The third-order valence-corrected chi connectivity index (χ3v) is 7.66. The number of carbonyl (C=O) groups excluding carboxylic acids is 3. The minimum Gasteiger partial charge on any atom is -0.385 e. The summed E-state index contributed by atoms with van der Waals surface area (Å²) in [5.41, 5.74) is 0.998. The molecule has 0 spiro atoms. The van der Waals surface area contributed by atoms with Gasteiger partial charge in [0.15, 0.2) is 5.78 Å². The predicted octanol–water partition coefficient (Wildman–Crippen LogP) is 3.98. The standard InChI is InChI=1S/C28H34ClN3O4/c1-19(33)25(34)23-6-2-3-7-24(23)32-16-12-20(13-17-32)18-30-27(36)28(14-4-5-15-28)31-26(35)21-8-10-22(29)11-9-21/h2-3,6-11,19-20,33H,4-5,12-18H2,1H3,(H,30,36)(H,31,35). The van der Waals surface area contributed by atoms with Gasteiger partial charge in [-0.15, -0.1) is 0 Å². The van der Waals surface area contributed by atoms with Crippen LogP contribution < -0.4 is 15.5 Å². The number of carbonyl (C=O) groups is 3. The number of hydrogen-bond acceptors (Lipinski definition) is 5. The quantitative estimate of drug-likeness (QED) is 0.466. The molecule has 2 aromatic carbocycles. The molecule has 1 aliphatic carbocycles. The first kappa shape index (κ1) is 26.2. The van der Waals surface area contributed by atoms with Crippen LogP contribution in [0, 0.1) is 5.92 Å². The molecule has 3 N–H and O–H groups in total. The van der Waals surface area contributed by atoms with Crippen LogP contribution >= 0.6 is 11.6 Å². The van der Waals surface area contributed by atoms with Crippen LogP contribution in [-0.2, 0) is 4.79 Å². The summed E-state index contributed by atoms with van der Waals surface area (Å²) in [7, 11) is 0. The zero-order valence-electron chi connectivity index (χ0n) is 20.6. The number of anilines is 1. The lowest BCUT2D eigenvalue weighted by molar-refractivity contribution is -0.127. The highest BCUT2D eigenvalue weighted by Crippen LogP contribution is 2.31. The summed E-state index contributed by atoms with van der Waals surface area (Å²) >= 11 is 5.93. The predicted molar refractivity (Wildman–Crippen MR) is 141 cm³/mol. The second kappa shape index (κ2) is 11.4. The van der Waals surface area contributed by atoms with Crippen LogP contribution in [0.4, 0.5) is 5.69 Å². The van der Waals surface area contributed by atoms with Crippen molar-refractivity contribution in [1.82, 2.24) is 10.6 Å². The van der Waals surface area contributed by atoms with E-state index in [1.54, 1.807) is 30.3 Å². The van der Waals surface area contributed by atoms with E-state index in [0.29, 0.717) is 41.5 Å². The molecule has 4 rings (SSSR count). The molecule has 0 bridgehead atoms. The van der Waals surface area contributed by atoms with Crippen molar-refractivity contribution in [2.75, 3.05) is 24.5 Å². The molecule has 36 heavy (non-hydrogen) atoms. The van der Waals surface area contributed by atoms with Crippen LogP contribution in [0.1, 0.15) is 66.2 Å². The first-order valence-corrected chi connectivity index (χ1v) is 13.1. The SMILES string of the molecule is CC(O)C(=O)c1ccccc1N1CCC(CNC(=O)C2(NC(=O)c3ccc(Cl)cc3)CCCC2)CC1. The van der Waals surface area contributed by atoms with E-state index >= 15 is 0 Å². The van der Waals surface area contributed by atoms with Crippen LogP contribution in [0.15, 0.2) is 48.5 Å². The second-order valence-electron chi connectivity index (χ2n) is 9.95. The number of rotatable bonds is 8. The number of hydrogen-bond donors (Lipinski definition) is 3. The molecule has 2 amide bonds. The van der Waals surface area contributed by atoms with Gasteiger partial charge >= 0.3 is 0 Å². The van der Waals surface area contributed by atoms with Crippen LogP contribution in [0.3, 0.4) is 0 Å². The maximum absolute atomic E-state index is 13.3. The normalized spacial score (nSPS) is 18.5. The zero-order valence-corrected chi connectivity index (χ0v) is 21.4. The fourth-order valence-electron chi connectivity index (χ4n) is 5.25. The van der Waals surface area contributed by atoms with Crippen LogP contribution in [0.2, 0.25) is 5.02 Å². The Morgan fingerprint density at radius 3 is 2.33 bits per heavy atom. The lowest BCUT2D eigenvalue weighted by Crippen LogP contribution is -2.57. The van der Waals surface area contributed by atoms with E-state index in [-0.39, 0.29) is 17.6 Å². The summed E-state index contributed by atoms with van der Waals surface area (Å²) in [6.45, 7) is 3.58. The smallest absolute Gasteiger partial charge is 0.252 e. The topological polar surface area (TPSA) is 98.7 Å². The van der Waals surface area contributed by atoms with Crippen molar-refractivity contribution in [2.45, 2.75) is 57.1 Å². The molecular weight excluding hydrogens is 478 g/mol. The van der Waals surface area contributed by atoms with Crippen molar-refractivity contribution in [1.29, 1.82) is 0 Å². The maximum atomic E-state index is 13.3. The van der Waals surface area contributed by atoms with Gasteiger partial charge in [-0.2, -0.15) is 0 Å². The summed E-state index contributed by atoms with van der Waals surface area (Å²) in [6, 6.07) is 14.1. The van der Waals surface area contributed by atoms with Gasteiger partial charge < -0.3 is 20.6 Å². The Balaban J connectivity index is 1.33. The minimum atomic E-state index is -1.04. The number of nitrogens with zero attached hydrogens (tertiary/aromatic N) is 1. The molecule has 1 saturated carbocycles. The Bertz CT molecular complexity index is 1090. The Hall–Kier alpha value is -2.90. The number of halogens is 1. The van der Waals surface area contributed by atoms with Crippen molar-refractivity contribution < 1.29 is 19.5 Å². The fraction of sp³-hybridized carbons (Fsp3) is 0.464. The number of nitrogens with one attached hydrogen (secondary N) is 2. The lowest BCUT2D eigenvalue weighted by Gasteiger charge is -2.35. The molecular formula is C28H34ClN3O4. The second-order valence-corrected chi connectivity index (χ2v) is 10.4. The van der Waals surface area contributed by atoms with E-state index in [9.17, 15) is 19.5 Å². The Morgan fingerprint density at radius 1 is 1.06 bits per heavy atom. The van der Waals surface area contributed by atoms with Crippen molar-refractivity contribution in [3.63, 3.8) is 0 Å². The molecule has 7 nitrogen and oxygen atoms in total. The molecule has 0 aromatic heterocycles.